The van der Waals surface area contributed by atoms with Gasteiger partial charge in [0.1, 0.15) is 11.6 Å². The Bertz CT molecular complexity index is 1220. The maximum absolute atomic E-state index is 13.7. The first-order chi connectivity index (χ1) is 16.3. The molecule has 1 unspecified atom stereocenters. The predicted molar refractivity (Wildman–Crippen MR) is 122 cm³/mol. The van der Waals surface area contributed by atoms with E-state index in [-0.39, 0.29) is 24.2 Å². The summed E-state index contributed by atoms with van der Waals surface area (Å²) in [7, 11) is 0. The third-order valence-corrected chi connectivity index (χ3v) is 7.20. The number of aliphatic hydroxyl groups excluding tert-OH is 1. The lowest BCUT2D eigenvalue weighted by atomic mass is 9.60. The molecule has 0 radical (unpaired) electrons. The van der Waals surface area contributed by atoms with Crippen LogP contribution in [-0.4, -0.2) is 50.3 Å². The van der Waals surface area contributed by atoms with E-state index >= 15 is 0 Å². The molecule has 3 saturated carbocycles. The summed E-state index contributed by atoms with van der Waals surface area (Å²) >= 11 is 0. The summed E-state index contributed by atoms with van der Waals surface area (Å²) in [6.07, 6.45) is 3.65. The third kappa shape index (κ3) is 4.11. The molecule has 2 bridgehead atoms. The number of fused-ring (bicyclic) bond motifs is 4. The molecule has 0 aliphatic heterocycles. The van der Waals surface area contributed by atoms with Gasteiger partial charge in [-0.15, -0.1) is 0 Å². The molecular weight excluding hydrogens is 439 g/mol. The Balaban J connectivity index is 1.20. The molecule has 6 rings (SSSR count). The second kappa shape index (κ2) is 8.39. The van der Waals surface area contributed by atoms with Crippen LogP contribution in [0.1, 0.15) is 48.2 Å². The van der Waals surface area contributed by atoms with Gasteiger partial charge in [-0.2, -0.15) is 5.10 Å². The summed E-state index contributed by atoms with van der Waals surface area (Å²) in [6, 6.07) is 11.8. The highest BCUT2D eigenvalue weighted by Gasteiger charge is 2.55. The highest BCUT2D eigenvalue weighted by atomic mass is 19.1. The van der Waals surface area contributed by atoms with E-state index in [0.717, 1.165) is 5.52 Å². The minimum absolute atomic E-state index is 0.270. The normalized spacial score (nSPS) is 25.8. The number of ether oxygens (including phenoxy) is 1. The molecule has 2 aromatic heterocycles. The van der Waals surface area contributed by atoms with E-state index in [1.807, 2.05) is 18.2 Å². The molecule has 8 nitrogen and oxygen atoms in total. The van der Waals surface area contributed by atoms with Crippen LogP contribution in [0.2, 0.25) is 0 Å². The lowest BCUT2D eigenvalue weighted by Gasteiger charge is -2.56. The van der Waals surface area contributed by atoms with Crippen molar-refractivity contribution in [2.24, 2.45) is 0 Å². The number of nitrogens with zero attached hydrogens (tertiary/aromatic N) is 2. The van der Waals surface area contributed by atoms with E-state index < -0.39 is 23.0 Å². The van der Waals surface area contributed by atoms with Gasteiger partial charge in [0.2, 0.25) is 0 Å². The molecule has 3 aromatic rings. The lowest BCUT2D eigenvalue weighted by Crippen LogP contribution is -2.70. The van der Waals surface area contributed by atoms with Crippen LogP contribution >= 0.6 is 0 Å². The Morgan fingerprint density at radius 1 is 1.18 bits per heavy atom. The Labute approximate surface area is 196 Å². The molecule has 2 heterocycles. The maximum Gasteiger partial charge on any atom is 0.272 e. The lowest BCUT2D eigenvalue weighted by molar-refractivity contribution is -0.132. The van der Waals surface area contributed by atoms with Crippen LogP contribution in [0.4, 0.5) is 4.39 Å². The number of aromatic nitrogens is 2. The van der Waals surface area contributed by atoms with Gasteiger partial charge in [-0.1, -0.05) is 12.1 Å². The van der Waals surface area contributed by atoms with Crippen LogP contribution in [0.3, 0.4) is 0 Å². The van der Waals surface area contributed by atoms with E-state index in [4.69, 9.17) is 4.74 Å². The Morgan fingerprint density at radius 2 is 1.97 bits per heavy atom. The van der Waals surface area contributed by atoms with Gasteiger partial charge in [0.15, 0.2) is 12.3 Å². The van der Waals surface area contributed by atoms with E-state index in [2.05, 4.69) is 15.7 Å². The van der Waals surface area contributed by atoms with Crippen molar-refractivity contribution >= 4 is 17.3 Å². The van der Waals surface area contributed by atoms with Gasteiger partial charge in [0, 0.05) is 17.8 Å². The van der Waals surface area contributed by atoms with Crippen LogP contribution in [0.5, 0.6) is 5.75 Å². The molecule has 1 aromatic carbocycles. The number of amides is 2. The molecule has 1 atom stereocenters. The van der Waals surface area contributed by atoms with Crippen LogP contribution < -0.4 is 15.4 Å². The van der Waals surface area contributed by atoms with E-state index in [0.29, 0.717) is 43.4 Å². The smallest absolute Gasteiger partial charge is 0.272 e. The first kappa shape index (κ1) is 22.3. The van der Waals surface area contributed by atoms with Crippen molar-refractivity contribution in [2.45, 2.75) is 56.2 Å². The Kier molecular flexibility index (Phi) is 5.51. The predicted octanol–water partition coefficient (Wildman–Crippen LogP) is 2.52. The molecule has 0 spiro atoms. The van der Waals surface area contributed by atoms with Gasteiger partial charge < -0.3 is 20.5 Å². The molecule has 3 N–H and O–H groups in total. The van der Waals surface area contributed by atoms with Crippen molar-refractivity contribution in [2.75, 3.05) is 6.61 Å². The van der Waals surface area contributed by atoms with Gasteiger partial charge in [-0.05, 0) is 68.9 Å². The zero-order valence-corrected chi connectivity index (χ0v) is 18.9. The zero-order valence-electron chi connectivity index (χ0n) is 18.9. The third-order valence-electron chi connectivity index (χ3n) is 7.20. The second-order valence-electron chi connectivity index (χ2n) is 9.46. The van der Waals surface area contributed by atoms with Crippen molar-refractivity contribution in [3.63, 3.8) is 0 Å². The number of rotatable bonds is 6. The summed E-state index contributed by atoms with van der Waals surface area (Å²) in [5.74, 6) is -0.762. The Morgan fingerprint density at radius 3 is 2.68 bits per heavy atom. The summed E-state index contributed by atoms with van der Waals surface area (Å²) in [6.45, 7) is 1.38. The molecular formula is C25H27FN4O4. The average Bonchev–Trinajstić information content (AvgIpc) is 3.26. The molecule has 3 aliphatic carbocycles. The minimum Gasteiger partial charge on any atom is -0.484 e. The fourth-order valence-corrected chi connectivity index (χ4v) is 5.14. The van der Waals surface area contributed by atoms with E-state index in [1.165, 1.54) is 6.07 Å². The number of hydrogen-bond donors (Lipinski definition) is 3. The van der Waals surface area contributed by atoms with Crippen LogP contribution in [0, 0.1) is 12.7 Å². The van der Waals surface area contributed by atoms with E-state index in [1.54, 1.807) is 35.8 Å². The van der Waals surface area contributed by atoms with E-state index in [9.17, 15) is 19.1 Å². The first-order valence-electron chi connectivity index (χ1n) is 11.4. The van der Waals surface area contributed by atoms with Crippen LogP contribution in [0.25, 0.3) is 5.52 Å². The number of aryl methyl sites for hydroxylation is 1. The van der Waals surface area contributed by atoms with Gasteiger partial charge in [0.25, 0.3) is 11.8 Å². The monoisotopic (exact) mass is 466 g/mol. The molecule has 3 fully saturated rings. The fourth-order valence-electron chi connectivity index (χ4n) is 5.14. The largest absolute Gasteiger partial charge is 0.484 e. The number of carbonyl (C=O) groups excluding carboxylic acids is 2. The number of carbonyl (C=O) groups is 2. The van der Waals surface area contributed by atoms with Crippen LogP contribution in [0.15, 0.2) is 48.7 Å². The molecule has 178 valence electrons. The Hall–Kier alpha value is -3.46. The maximum atomic E-state index is 13.7. The second-order valence-corrected chi connectivity index (χ2v) is 9.46. The fraction of sp³-hybridized carbons (Fsp3) is 0.400. The van der Waals surface area contributed by atoms with Gasteiger partial charge in [0.05, 0.1) is 17.2 Å². The number of pyridine rings is 1. The average molecular weight is 467 g/mol. The number of hydrogen-bond acceptors (Lipinski definition) is 5. The number of aliphatic hydroxyl groups is 1. The van der Waals surface area contributed by atoms with Gasteiger partial charge in [-0.3, -0.25) is 9.59 Å². The number of nitrogens with one attached hydrogen (secondary N) is 2. The minimum atomic E-state index is -0.808. The number of halogens is 1. The summed E-state index contributed by atoms with van der Waals surface area (Å²) in [4.78, 5) is 25.5. The summed E-state index contributed by atoms with van der Waals surface area (Å²) < 4.78 is 20.8. The van der Waals surface area contributed by atoms with Crippen molar-refractivity contribution in [1.82, 2.24) is 20.2 Å². The summed E-state index contributed by atoms with van der Waals surface area (Å²) in [5.41, 5.74) is 0.369. The zero-order chi connectivity index (χ0) is 23.9. The molecule has 0 saturated heterocycles. The quantitative estimate of drug-likeness (QED) is 0.518. The molecule has 2 amide bonds. The van der Waals surface area contributed by atoms with Crippen LogP contribution in [-0.2, 0) is 4.79 Å². The SMILES string of the molecule is Cc1ccc(OCC(=O)NC23CCC(NC(=O)c4cc5ccccn5n4)(CC2)CC3O)cc1F. The van der Waals surface area contributed by atoms with Crippen molar-refractivity contribution < 1.29 is 23.8 Å². The van der Waals surface area contributed by atoms with Gasteiger partial charge in [-0.25, -0.2) is 8.91 Å². The topological polar surface area (TPSA) is 105 Å². The molecule has 3 aliphatic rings. The molecule has 9 heteroatoms. The first-order valence-corrected chi connectivity index (χ1v) is 11.4. The number of benzene rings is 1. The van der Waals surface area contributed by atoms with Crippen molar-refractivity contribution in [1.29, 1.82) is 0 Å². The van der Waals surface area contributed by atoms with Crippen molar-refractivity contribution in [3.05, 3.63) is 65.7 Å². The summed E-state index contributed by atoms with van der Waals surface area (Å²) in [5, 5.41) is 21.3. The van der Waals surface area contributed by atoms with Gasteiger partial charge >= 0.3 is 0 Å². The molecule has 34 heavy (non-hydrogen) atoms. The highest BCUT2D eigenvalue weighted by molar-refractivity contribution is 5.94. The highest BCUT2D eigenvalue weighted by Crippen LogP contribution is 2.47. The standard InChI is InChI=1S/C25H27FN4O4/c1-16-5-6-18(13-19(16)26)34-15-22(32)27-25-9-7-24(8-10-25,14-21(25)31)28-23(33)20-12-17-4-2-3-11-30(17)29-20/h2-6,11-13,21,31H,7-10,14-15H2,1H3,(H,27,32)(H,28,33). The van der Waals surface area contributed by atoms with Crippen molar-refractivity contribution in [3.8, 4) is 5.75 Å².